The second-order valence-electron chi connectivity index (χ2n) is 8.03. The molecule has 0 saturated carbocycles. The summed E-state index contributed by atoms with van der Waals surface area (Å²) in [4.78, 5) is 27.5. The molecule has 0 spiro atoms. The summed E-state index contributed by atoms with van der Waals surface area (Å²) in [7, 11) is 0. The maximum absolute atomic E-state index is 13.2. The van der Waals surface area contributed by atoms with Crippen molar-refractivity contribution in [2.24, 2.45) is 0 Å². The molecule has 3 heterocycles. The number of benzene rings is 2. The van der Waals surface area contributed by atoms with E-state index < -0.39 is 17.7 Å². The topological polar surface area (TPSA) is 100 Å². The van der Waals surface area contributed by atoms with Crippen LogP contribution in [0.5, 0.6) is 11.5 Å². The van der Waals surface area contributed by atoms with E-state index in [-0.39, 0.29) is 22.8 Å². The number of aliphatic hydroxyl groups excluding tert-OH is 1. The predicted molar refractivity (Wildman–Crippen MR) is 117 cm³/mol. The van der Waals surface area contributed by atoms with Gasteiger partial charge in [0.15, 0.2) is 0 Å². The highest BCUT2D eigenvalue weighted by Gasteiger charge is 2.49. The number of rotatable bonds is 3. The summed E-state index contributed by atoms with van der Waals surface area (Å²) >= 11 is 0. The number of Topliss-reactive ketones (excluding diaryl/α,β-unsaturated/α-hetero) is 1. The number of hydrogen-bond acceptors (Lipinski definition) is 6. The number of amides is 1. The van der Waals surface area contributed by atoms with Crippen molar-refractivity contribution < 1.29 is 29.0 Å². The standard InChI is InChI=1S/C25H21NO6/c1-13-3-6-18(27)17(11-13)26-22(20-7-4-14(2)32-20)21(24(29)25(26)30)23(28)16-5-8-19-15(12-16)9-10-31-19/h3-8,11-12,22,27-28H,9-10H2,1-2H3/b23-21-. The normalized spacial score (nSPS) is 19.3. The van der Waals surface area contributed by atoms with Gasteiger partial charge in [0.1, 0.15) is 34.8 Å². The first-order valence-electron chi connectivity index (χ1n) is 10.3. The highest BCUT2D eigenvalue weighted by Crippen LogP contribution is 2.45. The molecule has 5 rings (SSSR count). The number of fused-ring (bicyclic) bond motifs is 1. The Morgan fingerprint density at radius 3 is 2.62 bits per heavy atom. The van der Waals surface area contributed by atoms with Crippen LogP contribution in [-0.4, -0.2) is 28.5 Å². The zero-order valence-corrected chi connectivity index (χ0v) is 17.6. The summed E-state index contributed by atoms with van der Waals surface area (Å²) < 4.78 is 11.3. The Kier molecular flexibility index (Phi) is 4.55. The lowest BCUT2D eigenvalue weighted by Gasteiger charge is -2.24. The molecule has 7 heteroatoms. The molecule has 2 aromatic carbocycles. The monoisotopic (exact) mass is 431 g/mol. The minimum absolute atomic E-state index is 0.0934. The Hall–Kier alpha value is -4.00. The maximum Gasteiger partial charge on any atom is 0.300 e. The second-order valence-corrected chi connectivity index (χ2v) is 8.03. The number of hydrogen-bond donors (Lipinski definition) is 2. The van der Waals surface area contributed by atoms with Gasteiger partial charge in [-0.3, -0.25) is 14.5 Å². The number of carbonyl (C=O) groups is 2. The van der Waals surface area contributed by atoms with Gasteiger partial charge in [-0.2, -0.15) is 0 Å². The van der Waals surface area contributed by atoms with E-state index in [4.69, 9.17) is 9.15 Å². The van der Waals surface area contributed by atoms with Crippen LogP contribution in [0.4, 0.5) is 5.69 Å². The van der Waals surface area contributed by atoms with Crippen molar-refractivity contribution in [2.75, 3.05) is 11.5 Å². The van der Waals surface area contributed by atoms with Crippen molar-refractivity contribution in [2.45, 2.75) is 26.3 Å². The van der Waals surface area contributed by atoms with E-state index in [0.29, 0.717) is 30.1 Å². The van der Waals surface area contributed by atoms with Crippen molar-refractivity contribution in [3.05, 3.63) is 82.3 Å². The van der Waals surface area contributed by atoms with Crippen molar-refractivity contribution in [1.82, 2.24) is 0 Å². The van der Waals surface area contributed by atoms with Gasteiger partial charge in [0, 0.05) is 12.0 Å². The summed E-state index contributed by atoms with van der Waals surface area (Å²) in [5.74, 6) is -0.505. The molecule has 7 nitrogen and oxygen atoms in total. The first-order valence-corrected chi connectivity index (χ1v) is 10.3. The van der Waals surface area contributed by atoms with Gasteiger partial charge in [-0.15, -0.1) is 0 Å². The van der Waals surface area contributed by atoms with Crippen molar-refractivity contribution in [3.8, 4) is 11.5 Å². The average molecular weight is 431 g/mol. The summed E-state index contributed by atoms with van der Waals surface area (Å²) in [6.07, 6.45) is 0.697. The first-order chi connectivity index (χ1) is 15.3. The van der Waals surface area contributed by atoms with E-state index in [2.05, 4.69) is 0 Å². The number of aliphatic hydroxyl groups is 1. The van der Waals surface area contributed by atoms with Crippen LogP contribution < -0.4 is 9.64 Å². The highest BCUT2D eigenvalue weighted by molar-refractivity contribution is 6.51. The molecule has 3 aromatic rings. The van der Waals surface area contributed by atoms with Crippen molar-refractivity contribution in [1.29, 1.82) is 0 Å². The van der Waals surface area contributed by atoms with Gasteiger partial charge in [0.2, 0.25) is 0 Å². The first kappa shape index (κ1) is 19.9. The molecule has 1 unspecified atom stereocenters. The van der Waals surface area contributed by atoms with E-state index in [1.165, 1.54) is 11.0 Å². The fourth-order valence-electron chi connectivity index (χ4n) is 4.27. The number of ether oxygens (including phenoxy) is 1. The van der Waals surface area contributed by atoms with Crippen LogP contribution in [-0.2, 0) is 16.0 Å². The van der Waals surface area contributed by atoms with Crippen LogP contribution in [0, 0.1) is 13.8 Å². The van der Waals surface area contributed by atoms with Gasteiger partial charge in [0.05, 0.1) is 17.9 Å². The Balaban J connectivity index is 1.72. The Morgan fingerprint density at radius 2 is 1.88 bits per heavy atom. The maximum atomic E-state index is 13.2. The van der Waals surface area contributed by atoms with Crippen molar-refractivity contribution in [3.63, 3.8) is 0 Å². The lowest BCUT2D eigenvalue weighted by atomic mass is 9.97. The number of ketones is 1. The van der Waals surface area contributed by atoms with Gasteiger partial charge in [0.25, 0.3) is 11.7 Å². The number of nitrogens with zero attached hydrogens (tertiary/aromatic N) is 1. The molecule has 1 fully saturated rings. The fourth-order valence-corrected chi connectivity index (χ4v) is 4.27. The lowest BCUT2D eigenvalue weighted by Crippen LogP contribution is -2.29. The number of carbonyl (C=O) groups excluding carboxylic acids is 2. The molecule has 162 valence electrons. The SMILES string of the molecule is Cc1ccc(O)c(N2C(=O)C(=O)/C(=C(\O)c3ccc4c(c3)CCO4)C2c2ccc(C)o2)c1. The summed E-state index contributed by atoms with van der Waals surface area (Å²) in [5.41, 5.74) is 2.21. The summed E-state index contributed by atoms with van der Waals surface area (Å²) in [6, 6.07) is 12.3. The van der Waals surface area contributed by atoms with E-state index in [9.17, 15) is 19.8 Å². The zero-order chi connectivity index (χ0) is 22.6. The Morgan fingerprint density at radius 1 is 1.06 bits per heavy atom. The quantitative estimate of drug-likeness (QED) is 0.367. The summed E-state index contributed by atoms with van der Waals surface area (Å²) in [6.45, 7) is 4.13. The summed E-state index contributed by atoms with van der Waals surface area (Å²) in [5, 5.41) is 21.7. The van der Waals surface area contributed by atoms with Crippen molar-refractivity contribution >= 4 is 23.1 Å². The third-order valence-electron chi connectivity index (χ3n) is 5.83. The number of anilines is 1. The molecule has 1 saturated heterocycles. The molecular weight excluding hydrogens is 410 g/mol. The predicted octanol–water partition coefficient (Wildman–Crippen LogP) is 4.16. The fraction of sp³-hybridized carbons (Fsp3) is 0.200. The Bertz CT molecular complexity index is 1300. The van der Waals surface area contributed by atoms with Gasteiger partial charge in [-0.05, 0) is 67.4 Å². The van der Waals surface area contributed by atoms with Gasteiger partial charge < -0.3 is 19.4 Å². The van der Waals surface area contributed by atoms with Gasteiger partial charge >= 0.3 is 0 Å². The second kappa shape index (κ2) is 7.30. The smallest absolute Gasteiger partial charge is 0.300 e. The van der Waals surface area contributed by atoms with Crippen LogP contribution in [0.1, 0.15) is 34.3 Å². The molecule has 0 radical (unpaired) electrons. The van der Waals surface area contributed by atoms with E-state index in [1.54, 1.807) is 49.4 Å². The van der Waals surface area contributed by atoms with Gasteiger partial charge in [-0.1, -0.05) is 6.07 Å². The molecule has 2 aliphatic heterocycles. The highest BCUT2D eigenvalue weighted by atomic mass is 16.5. The lowest BCUT2D eigenvalue weighted by molar-refractivity contribution is -0.132. The number of furan rings is 1. The van der Waals surface area contributed by atoms with E-state index in [0.717, 1.165) is 16.9 Å². The molecule has 2 aliphatic rings. The Labute approximate surface area is 184 Å². The molecule has 2 N–H and O–H groups in total. The van der Waals surface area contributed by atoms with Crippen LogP contribution >= 0.6 is 0 Å². The molecule has 0 aliphatic carbocycles. The van der Waals surface area contributed by atoms with E-state index >= 15 is 0 Å². The molecule has 1 atom stereocenters. The third-order valence-corrected chi connectivity index (χ3v) is 5.83. The number of aromatic hydroxyl groups is 1. The largest absolute Gasteiger partial charge is 0.507 e. The molecular formula is C25H21NO6. The molecule has 32 heavy (non-hydrogen) atoms. The average Bonchev–Trinajstić information content (AvgIpc) is 3.48. The number of aryl methyl sites for hydroxylation is 2. The van der Waals surface area contributed by atoms with Gasteiger partial charge in [-0.25, -0.2) is 0 Å². The van der Waals surface area contributed by atoms with E-state index in [1.807, 2.05) is 6.92 Å². The third kappa shape index (κ3) is 3.05. The minimum atomic E-state index is -1.03. The molecule has 1 aromatic heterocycles. The zero-order valence-electron chi connectivity index (χ0n) is 17.6. The van der Waals surface area contributed by atoms with Crippen LogP contribution in [0.3, 0.4) is 0 Å². The van der Waals surface area contributed by atoms with Crippen LogP contribution in [0.2, 0.25) is 0 Å². The minimum Gasteiger partial charge on any atom is -0.507 e. The van der Waals surface area contributed by atoms with Crippen LogP contribution in [0.25, 0.3) is 5.76 Å². The van der Waals surface area contributed by atoms with Crippen LogP contribution in [0.15, 0.2) is 58.5 Å². The molecule has 0 bridgehead atoms. The molecule has 1 amide bonds. The number of phenolic OH excluding ortho intramolecular Hbond substituents is 1. The number of phenols is 1.